The van der Waals surface area contributed by atoms with Gasteiger partial charge in [0.05, 0.1) is 6.10 Å². The maximum atomic E-state index is 11.8. The fourth-order valence-corrected chi connectivity index (χ4v) is 2.52. The van der Waals surface area contributed by atoms with E-state index in [1.165, 1.54) is 0 Å². The Balaban J connectivity index is 2.61. The van der Waals surface area contributed by atoms with Crippen LogP contribution < -0.4 is 5.32 Å². The summed E-state index contributed by atoms with van der Waals surface area (Å²) in [5.74, 6) is -0.122. The second-order valence-corrected chi connectivity index (χ2v) is 5.40. The molecule has 2 N–H and O–H groups in total. The van der Waals surface area contributed by atoms with E-state index in [1.54, 1.807) is 18.2 Å². The predicted octanol–water partition coefficient (Wildman–Crippen LogP) is 3.58. The Labute approximate surface area is 123 Å². The molecule has 1 rings (SSSR count). The molecule has 106 valence electrons. The van der Waals surface area contributed by atoms with E-state index in [0.717, 1.165) is 12.8 Å². The van der Waals surface area contributed by atoms with Gasteiger partial charge in [-0.2, -0.15) is 0 Å². The van der Waals surface area contributed by atoms with Crippen molar-refractivity contribution in [1.82, 2.24) is 5.32 Å². The summed E-state index contributed by atoms with van der Waals surface area (Å²) in [7, 11) is 0. The Morgan fingerprint density at radius 2 is 1.95 bits per heavy atom. The molecule has 0 aliphatic rings. The highest BCUT2D eigenvalue weighted by molar-refractivity contribution is 6.36. The molecule has 0 saturated carbocycles. The van der Waals surface area contributed by atoms with Gasteiger partial charge in [0.2, 0.25) is 5.91 Å². The maximum absolute atomic E-state index is 11.8. The summed E-state index contributed by atoms with van der Waals surface area (Å²) >= 11 is 12.0. The molecule has 5 heteroatoms. The van der Waals surface area contributed by atoms with Gasteiger partial charge < -0.3 is 10.4 Å². The van der Waals surface area contributed by atoms with Crippen LogP contribution in [0.15, 0.2) is 18.2 Å². The molecular weight excluding hydrogens is 285 g/mol. The Hall–Kier alpha value is -0.770. The van der Waals surface area contributed by atoms with Crippen LogP contribution in [0.3, 0.4) is 0 Å². The van der Waals surface area contributed by atoms with Gasteiger partial charge >= 0.3 is 0 Å². The van der Waals surface area contributed by atoms with Crippen LogP contribution in [0.4, 0.5) is 0 Å². The molecule has 0 heterocycles. The zero-order chi connectivity index (χ0) is 14.4. The number of hydrogen-bond acceptors (Lipinski definition) is 2. The number of halogens is 2. The Kier molecular flexibility index (Phi) is 6.63. The topological polar surface area (TPSA) is 49.3 Å². The largest absolute Gasteiger partial charge is 0.386 e. The van der Waals surface area contributed by atoms with Gasteiger partial charge in [-0.15, -0.1) is 0 Å². The molecule has 0 aliphatic heterocycles. The SMILES string of the molecule is CCCC(C)C(=O)NCC(O)c1c(Cl)cccc1Cl. The summed E-state index contributed by atoms with van der Waals surface area (Å²) < 4.78 is 0. The average molecular weight is 304 g/mol. The molecule has 0 fully saturated rings. The highest BCUT2D eigenvalue weighted by atomic mass is 35.5. The van der Waals surface area contributed by atoms with Crippen molar-refractivity contribution in [3.63, 3.8) is 0 Å². The molecular formula is C14H19Cl2NO2. The number of aliphatic hydroxyl groups is 1. The summed E-state index contributed by atoms with van der Waals surface area (Å²) in [6, 6.07) is 5.03. The molecule has 0 aromatic heterocycles. The predicted molar refractivity (Wildman–Crippen MR) is 78.5 cm³/mol. The second-order valence-electron chi connectivity index (χ2n) is 4.59. The van der Waals surface area contributed by atoms with E-state index < -0.39 is 6.10 Å². The lowest BCUT2D eigenvalue weighted by molar-refractivity contribution is -0.125. The molecule has 2 unspecified atom stereocenters. The molecule has 0 radical (unpaired) electrons. The van der Waals surface area contributed by atoms with E-state index in [4.69, 9.17) is 23.2 Å². The third-order valence-electron chi connectivity index (χ3n) is 2.97. The van der Waals surface area contributed by atoms with Crippen molar-refractivity contribution < 1.29 is 9.90 Å². The second kappa shape index (κ2) is 7.73. The van der Waals surface area contributed by atoms with E-state index in [9.17, 15) is 9.90 Å². The van der Waals surface area contributed by atoms with Crippen molar-refractivity contribution in [2.45, 2.75) is 32.8 Å². The smallest absolute Gasteiger partial charge is 0.222 e. The van der Waals surface area contributed by atoms with Crippen LogP contribution in [0.25, 0.3) is 0 Å². The highest BCUT2D eigenvalue weighted by Crippen LogP contribution is 2.29. The van der Waals surface area contributed by atoms with Gasteiger partial charge in [-0.05, 0) is 18.6 Å². The lowest BCUT2D eigenvalue weighted by Gasteiger charge is -2.17. The molecule has 19 heavy (non-hydrogen) atoms. The first-order valence-electron chi connectivity index (χ1n) is 6.37. The van der Waals surface area contributed by atoms with Crippen LogP contribution in [0, 0.1) is 5.92 Å². The zero-order valence-corrected chi connectivity index (χ0v) is 12.6. The van der Waals surface area contributed by atoms with Crippen LogP contribution in [0.1, 0.15) is 38.4 Å². The maximum Gasteiger partial charge on any atom is 0.222 e. The van der Waals surface area contributed by atoms with Crippen molar-refractivity contribution in [1.29, 1.82) is 0 Å². The minimum Gasteiger partial charge on any atom is -0.386 e. The Morgan fingerprint density at radius 3 is 2.47 bits per heavy atom. The number of amides is 1. The van der Waals surface area contributed by atoms with Crippen LogP contribution in [-0.4, -0.2) is 17.6 Å². The molecule has 0 spiro atoms. The summed E-state index contributed by atoms with van der Waals surface area (Å²) in [6.45, 7) is 4.01. The summed E-state index contributed by atoms with van der Waals surface area (Å²) in [5, 5.41) is 13.6. The fraction of sp³-hybridized carbons (Fsp3) is 0.500. The minimum absolute atomic E-state index is 0.0566. The number of benzene rings is 1. The number of rotatable bonds is 6. The first-order valence-corrected chi connectivity index (χ1v) is 7.12. The number of carbonyl (C=O) groups is 1. The van der Waals surface area contributed by atoms with Crippen LogP contribution in [0.5, 0.6) is 0 Å². The number of carbonyl (C=O) groups excluding carboxylic acids is 1. The van der Waals surface area contributed by atoms with Crippen molar-refractivity contribution in [2.24, 2.45) is 5.92 Å². The van der Waals surface area contributed by atoms with Gasteiger partial charge in [-0.1, -0.05) is 49.5 Å². The van der Waals surface area contributed by atoms with Gasteiger partial charge in [0.15, 0.2) is 0 Å². The summed E-state index contributed by atoms with van der Waals surface area (Å²) in [4.78, 5) is 11.8. The lowest BCUT2D eigenvalue weighted by Crippen LogP contribution is -2.32. The molecule has 1 aromatic rings. The Bertz CT molecular complexity index is 417. The van der Waals surface area contributed by atoms with Gasteiger partial charge in [0.1, 0.15) is 0 Å². The molecule has 0 bridgehead atoms. The van der Waals surface area contributed by atoms with Crippen LogP contribution >= 0.6 is 23.2 Å². The van der Waals surface area contributed by atoms with Crippen molar-refractivity contribution in [2.75, 3.05) is 6.54 Å². The molecule has 1 amide bonds. The first-order chi connectivity index (χ1) is 8.97. The molecule has 3 nitrogen and oxygen atoms in total. The molecule has 2 atom stereocenters. The zero-order valence-electron chi connectivity index (χ0n) is 11.1. The minimum atomic E-state index is -0.904. The van der Waals surface area contributed by atoms with E-state index >= 15 is 0 Å². The monoisotopic (exact) mass is 303 g/mol. The van der Waals surface area contributed by atoms with E-state index in [-0.39, 0.29) is 18.4 Å². The average Bonchev–Trinajstić information content (AvgIpc) is 2.36. The number of aliphatic hydroxyl groups excluding tert-OH is 1. The highest BCUT2D eigenvalue weighted by Gasteiger charge is 2.18. The Morgan fingerprint density at radius 1 is 1.37 bits per heavy atom. The standard InChI is InChI=1S/C14H19Cl2NO2/c1-3-5-9(2)14(19)17-8-12(18)13-10(15)6-4-7-11(13)16/h4,6-7,9,12,18H,3,5,8H2,1-2H3,(H,17,19). The lowest BCUT2D eigenvalue weighted by atomic mass is 10.0. The molecule has 1 aromatic carbocycles. The van der Waals surface area contributed by atoms with Crippen LogP contribution in [0.2, 0.25) is 10.0 Å². The number of nitrogens with one attached hydrogen (secondary N) is 1. The van der Waals surface area contributed by atoms with Crippen LogP contribution in [-0.2, 0) is 4.79 Å². The van der Waals surface area contributed by atoms with Crippen molar-refractivity contribution in [3.8, 4) is 0 Å². The van der Waals surface area contributed by atoms with E-state index in [1.807, 2.05) is 13.8 Å². The van der Waals surface area contributed by atoms with Crippen molar-refractivity contribution in [3.05, 3.63) is 33.8 Å². The third kappa shape index (κ3) is 4.68. The fourth-order valence-electron chi connectivity index (χ4n) is 1.87. The quantitative estimate of drug-likeness (QED) is 0.844. The third-order valence-corrected chi connectivity index (χ3v) is 3.63. The summed E-state index contributed by atoms with van der Waals surface area (Å²) in [6.07, 6.45) is 0.876. The van der Waals surface area contributed by atoms with Gasteiger partial charge in [0.25, 0.3) is 0 Å². The van der Waals surface area contributed by atoms with Gasteiger partial charge in [0, 0.05) is 28.1 Å². The normalized spacial score (nSPS) is 13.9. The van der Waals surface area contributed by atoms with Crippen molar-refractivity contribution >= 4 is 29.1 Å². The molecule has 0 saturated heterocycles. The molecule has 0 aliphatic carbocycles. The van der Waals surface area contributed by atoms with Gasteiger partial charge in [-0.3, -0.25) is 4.79 Å². The first kappa shape index (κ1) is 16.3. The van der Waals surface area contributed by atoms with E-state index in [2.05, 4.69) is 5.32 Å². The summed E-state index contributed by atoms with van der Waals surface area (Å²) in [5.41, 5.74) is 0.453. The van der Waals surface area contributed by atoms with Gasteiger partial charge in [-0.25, -0.2) is 0 Å². The van der Waals surface area contributed by atoms with E-state index in [0.29, 0.717) is 15.6 Å². The number of hydrogen-bond donors (Lipinski definition) is 2.